The molecule has 1 aliphatic rings. The minimum Gasteiger partial charge on any atom is -0.368 e. The van der Waals surface area contributed by atoms with Gasteiger partial charge in [0, 0.05) is 25.9 Å². The second-order valence-electron chi connectivity index (χ2n) is 3.93. The zero-order valence-corrected chi connectivity index (χ0v) is 8.79. The van der Waals surface area contributed by atoms with Crippen LogP contribution in [0.2, 0.25) is 0 Å². The third-order valence-electron chi connectivity index (χ3n) is 2.83. The summed E-state index contributed by atoms with van der Waals surface area (Å²) < 4.78 is 13.6. The molecule has 0 saturated carbocycles. The molecule has 0 unspecified atom stereocenters. The van der Waals surface area contributed by atoms with E-state index in [4.69, 9.17) is 0 Å². The number of hydrogen-bond donors (Lipinski definition) is 0. The van der Waals surface area contributed by atoms with Gasteiger partial charge in [-0.15, -0.1) is 0 Å². The Balaban J connectivity index is 2.26. The van der Waals surface area contributed by atoms with E-state index in [1.54, 1.807) is 6.07 Å². The highest BCUT2D eigenvalue weighted by atomic mass is 19.1. The number of aryl methyl sites for hydroxylation is 1. The molecular formula is C12H14FNO. The standard InChI is InChI=1S/C12H14FNO/c1-9-3-2-4-11(13)12(9)14-7-5-10(15)6-8-14/h2-4H,5-8H2,1H3. The predicted octanol–water partition coefficient (Wildman–Crippen LogP) is 2.30. The Morgan fingerprint density at radius 3 is 2.53 bits per heavy atom. The monoisotopic (exact) mass is 207 g/mol. The second-order valence-corrected chi connectivity index (χ2v) is 3.93. The largest absolute Gasteiger partial charge is 0.368 e. The molecule has 80 valence electrons. The number of carbonyl (C=O) groups is 1. The first-order valence-corrected chi connectivity index (χ1v) is 5.20. The van der Waals surface area contributed by atoms with Crippen molar-refractivity contribution in [3.63, 3.8) is 0 Å². The lowest BCUT2D eigenvalue weighted by Gasteiger charge is -2.29. The van der Waals surface area contributed by atoms with Gasteiger partial charge in [-0.25, -0.2) is 4.39 Å². The lowest BCUT2D eigenvalue weighted by Crippen LogP contribution is -2.34. The summed E-state index contributed by atoms with van der Waals surface area (Å²) in [7, 11) is 0. The molecule has 1 aromatic rings. The molecule has 0 amide bonds. The summed E-state index contributed by atoms with van der Waals surface area (Å²) in [6.07, 6.45) is 1.07. The number of benzene rings is 1. The number of ketones is 1. The van der Waals surface area contributed by atoms with E-state index < -0.39 is 0 Å². The Morgan fingerprint density at radius 2 is 1.93 bits per heavy atom. The average Bonchev–Trinajstić information content (AvgIpc) is 2.20. The summed E-state index contributed by atoms with van der Waals surface area (Å²) in [6, 6.07) is 5.08. The normalized spacial score (nSPS) is 16.9. The van der Waals surface area contributed by atoms with E-state index in [0.29, 0.717) is 31.6 Å². The van der Waals surface area contributed by atoms with Gasteiger partial charge in [0.05, 0.1) is 5.69 Å². The molecular weight excluding hydrogens is 193 g/mol. The third-order valence-corrected chi connectivity index (χ3v) is 2.83. The molecule has 1 saturated heterocycles. The molecule has 1 heterocycles. The summed E-state index contributed by atoms with van der Waals surface area (Å²) in [5.41, 5.74) is 1.59. The van der Waals surface area contributed by atoms with Gasteiger partial charge in [0.1, 0.15) is 11.6 Å². The lowest BCUT2D eigenvalue weighted by molar-refractivity contribution is -0.119. The molecule has 0 aromatic heterocycles. The molecule has 3 heteroatoms. The van der Waals surface area contributed by atoms with Crippen LogP contribution in [0.1, 0.15) is 18.4 Å². The minimum atomic E-state index is -0.190. The summed E-state index contributed by atoms with van der Waals surface area (Å²) in [5, 5.41) is 0. The Kier molecular flexibility index (Phi) is 2.71. The Hall–Kier alpha value is -1.38. The minimum absolute atomic E-state index is 0.190. The topological polar surface area (TPSA) is 20.3 Å². The Bertz CT molecular complexity index is 359. The van der Waals surface area contributed by atoms with Gasteiger partial charge >= 0.3 is 0 Å². The quantitative estimate of drug-likeness (QED) is 0.704. The SMILES string of the molecule is Cc1cccc(F)c1N1CCC(=O)CC1. The maximum atomic E-state index is 13.6. The van der Waals surface area contributed by atoms with Crippen molar-refractivity contribution in [1.82, 2.24) is 0 Å². The maximum absolute atomic E-state index is 13.6. The second kappa shape index (κ2) is 4.01. The van der Waals surface area contributed by atoms with E-state index in [1.165, 1.54) is 6.07 Å². The molecule has 0 spiro atoms. The van der Waals surface area contributed by atoms with Crippen LogP contribution < -0.4 is 4.90 Å². The molecule has 1 aliphatic heterocycles. The molecule has 1 fully saturated rings. The fourth-order valence-corrected chi connectivity index (χ4v) is 2.00. The van der Waals surface area contributed by atoms with Gasteiger partial charge in [0.15, 0.2) is 0 Å². The molecule has 1 aromatic carbocycles. The molecule has 0 radical (unpaired) electrons. The van der Waals surface area contributed by atoms with Crippen LogP contribution in [0, 0.1) is 12.7 Å². The zero-order chi connectivity index (χ0) is 10.8. The van der Waals surface area contributed by atoms with Crippen molar-refractivity contribution in [2.45, 2.75) is 19.8 Å². The summed E-state index contributed by atoms with van der Waals surface area (Å²) >= 11 is 0. The highest BCUT2D eigenvalue weighted by molar-refractivity contribution is 5.81. The average molecular weight is 207 g/mol. The smallest absolute Gasteiger partial charge is 0.146 e. The van der Waals surface area contributed by atoms with Crippen LogP contribution >= 0.6 is 0 Å². The summed E-state index contributed by atoms with van der Waals surface area (Å²) in [6.45, 7) is 3.18. The molecule has 2 nitrogen and oxygen atoms in total. The summed E-state index contributed by atoms with van der Waals surface area (Å²) in [5.74, 6) is 0.0876. The number of piperidine rings is 1. The van der Waals surface area contributed by atoms with Crippen LogP contribution in [0.15, 0.2) is 18.2 Å². The fraction of sp³-hybridized carbons (Fsp3) is 0.417. The highest BCUT2D eigenvalue weighted by Gasteiger charge is 2.20. The molecule has 0 aliphatic carbocycles. The van der Waals surface area contributed by atoms with E-state index in [1.807, 2.05) is 17.9 Å². The number of para-hydroxylation sites is 1. The number of carbonyl (C=O) groups excluding carboxylic acids is 1. The van der Waals surface area contributed by atoms with E-state index in [9.17, 15) is 9.18 Å². The van der Waals surface area contributed by atoms with Crippen LogP contribution in [0.3, 0.4) is 0 Å². The third kappa shape index (κ3) is 2.01. The van der Waals surface area contributed by atoms with Gasteiger partial charge in [0.25, 0.3) is 0 Å². The fourth-order valence-electron chi connectivity index (χ4n) is 2.00. The van der Waals surface area contributed by atoms with Gasteiger partial charge < -0.3 is 4.90 Å². The number of nitrogens with zero attached hydrogens (tertiary/aromatic N) is 1. The van der Waals surface area contributed by atoms with Crippen molar-refractivity contribution in [2.75, 3.05) is 18.0 Å². The lowest BCUT2D eigenvalue weighted by atomic mass is 10.1. The molecule has 15 heavy (non-hydrogen) atoms. The van der Waals surface area contributed by atoms with E-state index in [2.05, 4.69) is 0 Å². The molecule has 0 atom stereocenters. The van der Waals surface area contributed by atoms with E-state index >= 15 is 0 Å². The maximum Gasteiger partial charge on any atom is 0.146 e. The van der Waals surface area contributed by atoms with Crippen molar-refractivity contribution < 1.29 is 9.18 Å². The van der Waals surface area contributed by atoms with Crippen molar-refractivity contribution in [3.05, 3.63) is 29.6 Å². The first-order chi connectivity index (χ1) is 7.18. The number of hydrogen-bond acceptors (Lipinski definition) is 2. The van der Waals surface area contributed by atoms with Gasteiger partial charge in [-0.1, -0.05) is 12.1 Å². The van der Waals surface area contributed by atoms with Crippen LogP contribution in [0.4, 0.5) is 10.1 Å². The summed E-state index contributed by atoms with van der Waals surface area (Å²) in [4.78, 5) is 13.1. The van der Waals surface area contributed by atoms with Crippen molar-refractivity contribution >= 4 is 11.5 Å². The predicted molar refractivity (Wildman–Crippen MR) is 57.6 cm³/mol. The van der Waals surface area contributed by atoms with Crippen LogP contribution in [-0.4, -0.2) is 18.9 Å². The van der Waals surface area contributed by atoms with Crippen molar-refractivity contribution in [3.8, 4) is 0 Å². The number of rotatable bonds is 1. The molecule has 2 rings (SSSR count). The number of anilines is 1. The van der Waals surface area contributed by atoms with E-state index in [-0.39, 0.29) is 11.6 Å². The number of Topliss-reactive ketones (excluding diaryl/α,β-unsaturated/α-hetero) is 1. The first kappa shape index (κ1) is 10.1. The van der Waals surface area contributed by atoms with Crippen LogP contribution in [-0.2, 0) is 4.79 Å². The molecule has 0 N–H and O–H groups in total. The van der Waals surface area contributed by atoms with E-state index in [0.717, 1.165) is 5.56 Å². The molecule has 0 bridgehead atoms. The van der Waals surface area contributed by atoms with Crippen LogP contribution in [0.25, 0.3) is 0 Å². The zero-order valence-electron chi connectivity index (χ0n) is 8.79. The van der Waals surface area contributed by atoms with Gasteiger partial charge in [-0.3, -0.25) is 4.79 Å². The number of halogens is 1. The van der Waals surface area contributed by atoms with Crippen LogP contribution in [0.5, 0.6) is 0 Å². The Labute approximate surface area is 88.7 Å². The van der Waals surface area contributed by atoms with Gasteiger partial charge in [-0.2, -0.15) is 0 Å². The van der Waals surface area contributed by atoms with Crippen molar-refractivity contribution in [1.29, 1.82) is 0 Å². The first-order valence-electron chi connectivity index (χ1n) is 5.20. The Morgan fingerprint density at radius 1 is 1.27 bits per heavy atom. The van der Waals surface area contributed by atoms with Crippen molar-refractivity contribution in [2.24, 2.45) is 0 Å². The highest BCUT2D eigenvalue weighted by Crippen LogP contribution is 2.25. The van der Waals surface area contributed by atoms with Gasteiger partial charge in [0.2, 0.25) is 0 Å². The van der Waals surface area contributed by atoms with Gasteiger partial charge in [-0.05, 0) is 18.6 Å².